The molecule has 1 aliphatic heterocycles. The molecule has 0 spiro atoms. The second-order valence-electron chi connectivity index (χ2n) is 41.6. The van der Waals surface area contributed by atoms with Gasteiger partial charge in [0.1, 0.15) is 54.0 Å². The summed E-state index contributed by atoms with van der Waals surface area (Å²) in [4.78, 5) is 60.5. The van der Waals surface area contributed by atoms with Crippen LogP contribution in [0.2, 0.25) is 0 Å². The maximum Gasteiger partial charge on any atom is 0.313 e. The number of rotatable bonds is 30. The van der Waals surface area contributed by atoms with Crippen LogP contribution in [-0.2, 0) is 70.3 Å². The van der Waals surface area contributed by atoms with Crippen LogP contribution in [0.15, 0.2) is 84.9 Å². The van der Waals surface area contributed by atoms with Gasteiger partial charge in [0, 0.05) is 54.1 Å². The van der Waals surface area contributed by atoms with Crippen molar-refractivity contribution in [2.75, 3.05) is 13.2 Å². The summed E-state index contributed by atoms with van der Waals surface area (Å²) >= 11 is 0. The highest BCUT2D eigenvalue weighted by Gasteiger charge is 2.66. The lowest BCUT2D eigenvalue weighted by molar-refractivity contribution is -0.264. The second-order valence-corrected chi connectivity index (χ2v) is 41.6. The number of phenolic OH excluding ortho intramolecular Hbond substituents is 2. The Labute approximate surface area is 740 Å². The van der Waals surface area contributed by atoms with Crippen LogP contribution < -0.4 is 9.47 Å². The van der Waals surface area contributed by atoms with E-state index in [1.54, 1.807) is 24.3 Å². The Hall–Kier alpha value is -6.81. The van der Waals surface area contributed by atoms with Crippen molar-refractivity contribution in [1.29, 1.82) is 0 Å². The molecule has 12 unspecified atom stereocenters. The predicted octanol–water partition coefficient (Wildman–Crippen LogP) is 22.7. The highest BCUT2D eigenvalue weighted by atomic mass is 16.7. The summed E-state index contributed by atoms with van der Waals surface area (Å²) in [5.41, 5.74) is 1.94. The average Bonchev–Trinajstić information content (AvgIpc) is 1.70. The number of carbonyl (C=O) groups is 5. The zero-order valence-electron chi connectivity index (χ0n) is 80.7. The molecule has 12 atom stereocenters. The Balaban J connectivity index is 0.000000259. The van der Waals surface area contributed by atoms with Crippen LogP contribution in [0, 0.1) is 63.1 Å². The summed E-state index contributed by atoms with van der Waals surface area (Å²) in [5.74, 6) is 3.97. The quantitative estimate of drug-likeness (QED) is 0.0122. The van der Waals surface area contributed by atoms with Crippen molar-refractivity contribution >= 4 is 29.8 Å². The molecule has 0 radical (unpaired) electrons. The largest absolute Gasteiger partial charge is 0.508 e. The maximum absolute atomic E-state index is 12.4. The number of benzene rings is 4. The summed E-state index contributed by atoms with van der Waals surface area (Å²) in [6, 6.07) is 26.7. The van der Waals surface area contributed by atoms with Gasteiger partial charge in [-0.15, -0.1) is 0 Å². The van der Waals surface area contributed by atoms with Crippen LogP contribution in [0.25, 0.3) is 0 Å². The summed E-state index contributed by atoms with van der Waals surface area (Å²) in [6.45, 7) is 55.1. The highest BCUT2D eigenvalue weighted by Crippen LogP contribution is 2.61. The van der Waals surface area contributed by atoms with E-state index in [0.717, 1.165) is 101 Å². The number of hydrogen-bond acceptors (Lipinski definition) is 20. The van der Waals surface area contributed by atoms with Crippen molar-refractivity contribution in [3.63, 3.8) is 0 Å². The molecule has 0 amide bonds. The molecule has 20 heteroatoms. The first-order valence-electron chi connectivity index (χ1n) is 46.3. The van der Waals surface area contributed by atoms with Gasteiger partial charge in [-0.3, -0.25) is 24.0 Å². The SMILES string of the molecule is CCC(C)(C)C(=O)OC(CC(C)(C)C)OC(C)C.CCC(C)(C)C(=O)OC(OC1CCCCC1)C(C)(C)C.CCC(C)(C)C(=O)OC12CC3CC(O)(CC(O)(C3)C1)C2.CCC(C)(C)C(=O)OC1C2CC3C(=O)OC1C3C2.CCC(C)c1ccc(O)cc1.CCC(C)c1ccc(O)cc1.CCC(C)c1ccc(OCCOc2c(CO)cc(C)cc2CO)cc1. The summed E-state index contributed by atoms with van der Waals surface area (Å²) in [5, 5.41) is 58.3. The van der Waals surface area contributed by atoms with Gasteiger partial charge >= 0.3 is 29.8 Å². The van der Waals surface area contributed by atoms with E-state index in [4.69, 9.17) is 52.8 Å². The monoisotopic (exact) mass is 1720 g/mol. The van der Waals surface area contributed by atoms with Crippen LogP contribution in [0.3, 0.4) is 0 Å². The molecule has 1 saturated heterocycles. The van der Waals surface area contributed by atoms with Gasteiger partial charge in [0.25, 0.3) is 0 Å². The molecule has 696 valence electrons. The maximum atomic E-state index is 12.4. The van der Waals surface area contributed by atoms with Crippen molar-refractivity contribution in [1.82, 2.24) is 0 Å². The van der Waals surface area contributed by atoms with Gasteiger partial charge in [-0.1, -0.05) is 184 Å². The Kier molecular flexibility index (Phi) is 40.6. The zero-order chi connectivity index (χ0) is 92.6. The lowest BCUT2D eigenvalue weighted by Crippen LogP contribution is -2.67. The first-order chi connectivity index (χ1) is 57.2. The van der Waals surface area contributed by atoms with Crippen molar-refractivity contribution in [3.05, 3.63) is 118 Å². The number of aliphatic hydroxyl groups excluding tert-OH is 2. The van der Waals surface area contributed by atoms with Crippen molar-refractivity contribution in [2.24, 2.45) is 56.2 Å². The third-order valence-corrected chi connectivity index (χ3v) is 26.4. The van der Waals surface area contributed by atoms with E-state index in [2.05, 4.69) is 95.2 Å². The van der Waals surface area contributed by atoms with E-state index in [1.165, 1.54) is 36.0 Å². The fourth-order valence-electron chi connectivity index (χ4n) is 16.7. The fraction of sp³-hybridized carbons (Fsp3) is 0.718. The standard InChI is InChI=1S/C21H28O4.C17H32O3.C16H26O4.C15H30O3.C14H20O4.2C10H14O/c1-4-16(3)17-5-7-20(8-6-17)24-9-10-25-21-18(13-22)11-15(2)12-19(21)14-23;1-7-17(5,6)14(18)20-15(16(2,3)4)19-13-11-9-8-10-12-13;1-4-13(2,3)12(17)20-16-7-11-5-14(18,9-16)8-15(19,6-11)10-16;1-9-15(7,8)13(16)18-12(17-11(2)3)10-14(4,5)6;1-4-14(2,3)13(16)18-10-7-5-8-9(6-7)12(15)17-11(8)10;2*1-3-8(2)9-4-6-10(11)7-5-9/h5-8,11-12,16,22-23H,4,9-10,13-14H2,1-3H3;13,15H,7-12H2,1-6H3;11,18-19H,4-10H2,1-3H3;11-12H,9-10H2,1-8H3;7-11H,4-6H2,1-3H3;2*4-8,11H,3H2,1-2H3. The molecule has 7 saturated carbocycles. The van der Waals surface area contributed by atoms with Gasteiger partial charge in [-0.2, -0.15) is 0 Å². The minimum Gasteiger partial charge on any atom is -0.508 e. The fourth-order valence-corrected chi connectivity index (χ4v) is 16.7. The number of phenols is 2. The molecule has 4 aromatic rings. The molecule has 1 heterocycles. The number of aryl methyl sites for hydroxylation is 1. The number of esters is 5. The van der Waals surface area contributed by atoms with E-state index in [1.807, 2.05) is 152 Å². The first kappa shape index (κ1) is 107. The number of aromatic hydroxyl groups is 2. The Morgan fingerprint density at radius 1 is 0.537 bits per heavy atom. The molecule has 12 rings (SSSR count). The Morgan fingerprint density at radius 2 is 0.967 bits per heavy atom. The minimum absolute atomic E-state index is 0.0508. The molecule has 6 N–H and O–H groups in total. The number of fused-ring (bicyclic) bond motifs is 1. The van der Waals surface area contributed by atoms with Crippen LogP contribution in [0.5, 0.6) is 23.0 Å². The van der Waals surface area contributed by atoms with Crippen LogP contribution in [-0.4, -0.2) is 127 Å². The van der Waals surface area contributed by atoms with Gasteiger partial charge in [0.15, 0.2) is 0 Å². The number of carbonyl (C=O) groups excluding carboxylic acids is 5. The minimum atomic E-state index is -0.842. The van der Waals surface area contributed by atoms with Gasteiger partial charge in [0.05, 0.1) is 64.2 Å². The van der Waals surface area contributed by atoms with E-state index in [-0.39, 0.29) is 90.1 Å². The van der Waals surface area contributed by atoms with Crippen molar-refractivity contribution in [3.8, 4) is 23.0 Å². The summed E-state index contributed by atoms with van der Waals surface area (Å²) in [7, 11) is 0. The number of aliphatic hydroxyl groups is 4. The average molecular weight is 1720 g/mol. The second kappa shape index (κ2) is 46.8. The van der Waals surface area contributed by atoms with E-state index in [9.17, 15) is 44.4 Å². The van der Waals surface area contributed by atoms with Crippen molar-refractivity contribution in [2.45, 2.75) is 407 Å². The number of ether oxygens (including phenoxy) is 9. The van der Waals surface area contributed by atoms with Gasteiger partial charge < -0.3 is 73.3 Å². The molecule has 8 aliphatic rings. The van der Waals surface area contributed by atoms with Crippen LogP contribution in [0.1, 0.15) is 366 Å². The van der Waals surface area contributed by atoms with E-state index >= 15 is 0 Å². The summed E-state index contributed by atoms with van der Waals surface area (Å²) < 4.78 is 51.5. The van der Waals surface area contributed by atoms with E-state index in [0.29, 0.717) is 96.9 Å². The lowest BCUT2D eigenvalue weighted by atomic mass is 9.50. The van der Waals surface area contributed by atoms with Crippen molar-refractivity contribution < 1.29 is 97.2 Å². The first-order valence-corrected chi connectivity index (χ1v) is 46.3. The molecule has 4 aromatic carbocycles. The molecule has 6 bridgehead atoms. The Bertz CT molecular complexity index is 3780. The lowest BCUT2D eigenvalue weighted by Gasteiger charge is -2.62. The molecule has 123 heavy (non-hydrogen) atoms. The smallest absolute Gasteiger partial charge is 0.313 e. The van der Waals surface area contributed by atoms with Gasteiger partial charge in [-0.05, 0) is 248 Å². The Morgan fingerprint density at radius 3 is 1.38 bits per heavy atom. The summed E-state index contributed by atoms with van der Waals surface area (Å²) in [6.07, 6.45) is 17.5. The van der Waals surface area contributed by atoms with Gasteiger partial charge in [-0.25, -0.2) is 0 Å². The molecule has 8 fully saturated rings. The number of hydrogen-bond donors (Lipinski definition) is 6. The predicted molar refractivity (Wildman–Crippen MR) is 486 cm³/mol. The molecular weight excluding hydrogens is 1560 g/mol. The third kappa shape index (κ3) is 32.5. The van der Waals surface area contributed by atoms with Crippen LogP contribution >= 0.6 is 0 Å². The zero-order valence-corrected chi connectivity index (χ0v) is 80.7. The van der Waals surface area contributed by atoms with Gasteiger partial charge in [0.2, 0.25) is 12.6 Å². The topological polar surface area (TPSA) is 290 Å². The van der Waals surface area contributed by atoms with E-state index < -0.39 is 51.0 Å². The molecule has 7 aliphatic carbocycles. The molecular formula is C103H164O20. The third-order valence-electron chi connectivity index (χ3n) is 26.4. The highest BCUT2D eigenvalue weighted by molar-refractivity contribution is 5.79. The molecule has 20 nitrogen and oxygen atoms in total. The molecule has 0 aromatic heterocycles. The normalized spacial score (nSPS) is 23.7. The van der Waals surface area contributed by atoms with Crippen LogP contribution in [0.4, 0.5) is 0 Å².